The van der Waals surface area contributed by atoms with Gasteiger partial charge in [0.15, 0.2) is 5.72 Å². The summed E-state index contributed by atoms with van der Waals surface area (Å²) in [4.78, 5) is 36.3. The number of hydrogen-bond donors (Lipinski definition) is 2. The van der Waals surface area contributed by atoms with Crippen LogP contribution in [0.25, 0.3) is 0 Å². The third-order valence-corrected chi connectivity index (χ3v) is 7.95. The lowest BCUT2D eigenvalue weighted by atomic mass is 9.96. The summed E-state index contributed by atoms with van der Waals surface area (Å²) in [6.07, 6.45) is 4.20. The molecule has 0 aromatic heterocycles. The number of ether oxygens (including phenoxy) is 1. The first kappa shape index (κ1) is 27.1. The Kier molecular flexibility index (Phi) is 9.27. The predicted molar refractivity (Wildman–Crippen MR) is 131 cm³/mol. The van der Waals surface area contributed by atoms with Crippen LogP contribution in [0.3, 0.4) is 0 Å². The van der Waals surface area contributed by atoms with E-state index in [0.29, 0.717) is 13.0 Å². The average Bonchev–Trinajstić information content (AvgIpc) is 3.46. The van der Waals surface area contributed by atoms with Crippen LogP contribution in [-0.4, -0.2) is 88.3 Å². The Hall–Kier alpha value is -2.49. The molecule has 0 radical (unpaired) electrons. The second kappa shape index (κ2) is 12.0. The molecule has 1 aromatic carbocycles. The van der Waals surface area contributed by atoms with Gasteiger partial charge in [0.25, 0.3) is 12.9 Å². The van der Waals surface area contributed by atoms with Crippen molar-refractivity contribution in [3.05, 3.63) is 34.4 Å². The van der Waals surface area contributed by atoms with E-state index < -0.39 is 0 Å². The SMILES string of the molecule is Cc1cc(C)c(CN2CC[C@@]34OCCN3C(=O)C[C@@H]24)cc1CN1CCC(C)CC1.O=CO.O=CO. The Bertz CT molecular complexity index is 895. The van der Waals surface area contributed by atoms with Crippen molar-refractivity contribution in [2.45, 2.75) is 71.3 Å². The molecule has 9 nitrogen and oxygen atoms in total. The first-order valence-electron chi connectivity index (χ1n) is 12.4. The topological polar surface area (TPSA) is 111 Å². The van der Waals surface area contributed by atoms with E-state index in [1.807, 2.05) is 4.90 Å². The van der Waals surface area contributed by atoms with Gasteiger partial charge in [0.2, 0.25) is 5.91 Å². The summed E-state index contributed by atoms with van der Waals surface area (Å²) in [5, 5.41) is 13.8. The van der Waals surface area contributed by atoms with Gasteiger partial charge < -0.3 is 19.8 Å². The lowest BCUT2D eigenvalue weighted by molar-refractivity contribution is -0.136. The van der Waals surface area contributed by atoms with Crippen molar-refractivity contribution in [3.63, 3.8) is 0 Å². The molecule has 5 rings (SSSR count). The fourth-order valence-corrected chi connectivity index (χ4v) is 6.03. The number of carbonyl (C=O) groups excluding carboxylic acids is 1. The number of aryl methyl sites for hydroxylation is 2. The number of rotatable bonds is 4. The second-order valence-corrected chi connectivity index (χ2v) is 10.1. The molecular weight excluding hydrogens is 450 g/mol. The number of nitrogens with zero attached hydrogens (tertiary/aromatic N) is 3. The Morgan fingerprint density at radius 1 is 1.00 bits per heavy atom. The van der Waals surface area contributed by atoms with Crippen LogP contribution >= 0.6 is 0 Å². The molecule has 2 atom stereocenters. The van der Waals surface area contributed by atoms with Crippen LogP contribution in [0.1, 0.15) is 54.9 Å². The van der Waals surface area contributed by atoms with E-state index in [2.05, 4.69) is 42.7 Å². The largest absolute Gasteiger partial charge is 0.483 e. The van der Waals surface area contributed by atoms with Gasteiger partial charge in [-0.05, 0) is 68.0 Å². The molecule has 0 saturated carbocycles. The Balaban J connectivity index is 0.000000520. The van der Waals surface area contributed by atoms with E-state index in [4.69, 9.17) is 24.5 Å². The zero-order valence-corrected chi connectivity index (χ0v) is 21.1. The summed E-state index contributed by atoms with van der Waals surface area (Å²) in [7, 11) is 0. The molecular formula is C26H39N3O6. The molecule has 1 aromatic rings. The zero-order chi connectivity index (χ0) is 25.6. The Morgan fingerprint density at radius 2 is 1.60 bits per heavy atom. The Morgan fingerprint density at radius 3 is 2.23 bits per heavy atom. The van der Waals surface area contributed by atoms with Gasteiger partial charge in [0.1, 0.15) is 0 Å². The molecule has 9 heteroatoms. The minimum atomic E-state index is -0.330. The smallest absolute Gasteiger partial charge is 0.290 e. The molecule has 4 aliphatic rings. The van der Waals surface area contributed by atoms with Gasteiger partial charge in [-0.25, -0.2) is 0 Å². The standard InChI is InChI=1S/C24H35N3O2.2CH2O2/c1-17-4-7-25(8-5-17)15-20-13-21(19(3)12-18(20)2)16-26-9-6-24-22(26)14-23(28)27(24)10-11-29-24;2*2-1-3/h12-13,17,22H,4-11,14-16H2,1-3H3;2*1H,(H,2,3)/t22-,24+;;/m1../s1. The van der Waals surface area contributed by atoms with Crippen molar-refractivity contribution in [3.8, 4) is 0 Å². The van der Waals surface area contributed by atoms with Crippen LogP contribution in [0.4, 0.5) is 0 Å². The minimum absolute atomic E-state index is 0.213. The van der Waals surface area contributed by atoms with Crippen LogP contribution < -0.4 is 0 Å². The van der Waals surface area contributed by atoms with Crippen LogP contribution in [0.15, 0.2) is 12.1 Å². The third-order valence-electron chi connectivity index (χ3n) is 7.95. The quantitative estimate of drug-likeness (QED) is 0.621. The summed E-state index contributed by atoms with van der Waals surface area (Å²) in [5.74, 6) is 1.15. The van der Waals surface area contributed by atoms with E-state index >= 15 is 0 Å². The highest BCUT2D eigenvalue weighted by molar-refractivity contribution is 5.81. The lowest BCUT2D eigenvalue weighted by Crippen LogP contribution is -2.47. The highest BCUT2D eigenvalue weighted by Crippen LogP contribution is 2.46. The molecule has 0 unspecified atom stereocenters. The maximum absolute atomic E-state index is 12.5. The normalized spacial score (nSPS) is 26.3. The molecule has 1 amide bonds. The summed E-state index contributed by atoms with van der Waals surface area (Å²) in [6.45, 7) is 13.3. The van der Waals surface area contributed by atoms with Gasteiger partial charge in [-0.2, -0.15) is 0 Å². The van der Waals surface area contributed by atoms with E-state index in [-0.39, 0.29) is 30.6 Å². The van der Waals surface area contributed by atoms with Crippen LogP contribution in [0.2, 0.25) is 0 Å². The van der Waals surface area contributed by atoms with Crippen LogP contribution in [0, 0.1) is 19.8 Å². The summed E-state index contributed by atoms with van der Waals surface area (Å²) < 4.78 is 6.17. The number of benzene rings is 1. The van der Waals surface area contributed by atoms with E-state index in [0.717, 1.165) is 38.5 Å². The van der Waals surface area contributed by atoms with Gasteiger partial charge in [0.05, 0.1) is 12.6 Å². The summed E-state index contributed by atoms with van der Waals surface area (Å²) >= 11 is 0. The van der Waals surface area contributed by atoms with E-state index in [1.165, 1.54) is 48.2 Å². The van der Waals surface area contributed by atoms with Gasteiger partial charge in [-0.1, -0.05) is 19.1 Å². The third kappa shape index (κ3) is 5.85. The molecule has 4 saturated heterocycles. The summed E-state index contributed by atoms with van der Waals surface area (Å²) in [6, 6.07) is 5.02. The van der Waals surface area contributed by atoms with Gasteiger partial charge >= 0.3 is 0 Å². The first-order valence-corrected chi connectivity index (χ1v) is 12.4. The second-order valence-electron chi connectivity index (χ2n) is 10.1. The van der Waals surface area contributed by atoms with Crippen molar-refractivity contribution < 1.29 is 29.3 Å². The summed E-state index contributed by atoms with van der Waals surface area (Å²) in [5.41, 5.74) is 5.33. The number of amides is 1. The maximum atomic E-state index is 12.5. The molecule has 194 valence electrons. The molecule has 0 aliphatic carbocycles. The number of likely N-dealkylation sites (tertiary alicyclic amines) is 2. The average molecular weight is 490 g/mol. The molecule has 35 heavy (non-hydrogen) atoms. The zero-order valence-electron chi connectivity index (χ0n) is 21.1. The molecule has 4 fully saturated rings. The van der Waals surface area contributed by atoms with Gasteiger partial charge in [-0.3, -0.25) is 24.2 Å². The van der Waals surface area contributed by atoms with Crippen molar-refractivity contribution in [1.82, 2.24) is 14.7 Å². The number of carbonyl (C=O) groups is 3. The molecule has 1 spiro atoms. The fourth-order valence-electron chi connectivity index (χ4n) is 6.03. The monoisotopic (exact) mass is 489 g/mol. The van der Waals surface area contributed by atoms with Gasteiger partial charge in [-0.15, -0.1) is 0 Å². The number of hydrogen-bond acceptors (Lipinski definition) is 6. The van der Waals surface area contributed by atoms with Gasteiger partial charge in [0, 0.05) is 39.0 Å². The highest BCUT2D eigenvalue weighted by atomic mass is 16.5. The predicted octanol–water partition coefficient (Wildman–Crippen LogP) is 2.47. The van der Waals surface area contributed by atoms with Crippen LogP contribution in [0.5, 0.6) is 0 Å². The first-order chi connectivity index (χ1) is 16.8. The lowest BCUT2D eigenvalue weighted by Gasteiger charge is -2.32. The van der Waals surface area contributed by atoms with E-state index in [9.17, 15) is 4.79 Å². The fraction of sp³-hybridized carbons (Fsp3) is 0.654. The number of piperidine rings is 1. The van der Waals surface area contributed by atoms with Crippen molar-refractivity contribution in [1.29, 1.82) is 0 Å². The van der Waals surface area contributed by atoms with Crippen molar-refractivity contribution in [2.24, 2.45) is 5.92 Å². The molecule has 4 heterocycles. The Labute approximate surface area is 207 Å². The minimum Gasteiger partial charge on any atom is -0.483 e. The van der Waals surface area contributed by atoms with Crippen LogP contribution in [-0.2, 0) is 32.2 Å². The molecule has 2 N–H and O–H groups in total. The van der Waals surface area contributed by atoms with E-state index in [1.54, 1.807) is 0 Å². The molecule has 4 aliphatic heterocycles. The van der Waals surface area contributed by atoms with Crippen molar-refractivity contribution in [2.75, 3.05) is 32.8 Å². The van der Waals surface area contributed by atoms with Crippen molar-refractivity contribution >= 4 is 18.9 Å². The number of carboxylic acid groups (broad SMARTS) is 2. The maximum Gasteiger partial charge on any atom is 0.290 e. The highest BCUT2D eigenvalue weighted by Gasteiger charge is 2.61. The molecule has 0 bridgehead atoms.